The van der Waals surface area contributed by atoms with E-state index in [0.717, 1.165) is 22.5 Å². The summed E-state index contributed by atoms with van der Waals surface area (Å²) in [7, 11) is 1.85. The van der Waals surface area contributed by atoms with Crippen LogP contribution >= 0.6 is 0 Å². The molecule has 0 radical (unpaired) electrons. The topological polar surface area (TPSA) is 98.5 Å². The van der Waals surface area contributed by atoms with Crippen molar-refractivity contribution in [3.8, 4) is 17.1 Å². The number of carbonyl (C=O) groups excluding carboxylic acids is 1. The Balaban J connectivity index is 1.40. The maximum atomic E-state index is 15.2. The van der Waals surface area contributed by atoms with Gasteiger partial charge in [0.1, 0.15) is 17.3 Å². The van der Waals surface area contributed by atoms with Crippen LogP contribution in [0.3, 0.4) is 0 Å². The molecule has 0 spiro atoms. The van der Waals surface area contributed by atoms with Crippen molar-refractivity contribution in [1.29, 1.82) is 0 Å². The van der Waals surface area contributed by atoms with Gasteiger partial charge in [-0.2, -0.15) is 5.10 Å². The van der Waals surface area contributed by atoms with Crippen LogP contribution in [0.2, 0.25) is 0 Å². The molecule has 2 aliphatic rings. The van der Waals surface area contributed by atoms with Crippen molar-refractivity contribution < 1.29 is 23.8 Å². The van der Waals surface area contributed by atoms with Crippen molar-refractivity contribution in [2.75, 3.05) is 19.8 Å². The third-order valence-electron chi connectivity index (χ3n) is 6.07. The molecule has 8 nitrogen and oxygen atoms in total. The number of halogens is 1. The number of hydrogen-bond acceptors (Lipinski definition) is 6. The van der Waals surface area contributed by atoms with Crippen LogP contribution < -0.4 is 10.1 Å². The van der Waals surface area contributed by atoms with Gasteiger partial charge < -0.3 is 19.9 Å². The van der Waals surface area contributed by atoms with Gasteiger partial charge in [0.15, 0.2) is 0 Å². The van der Waals surface area contributed by atoms with Gasteiger partial charge in [0, 0.05) is 44.5 Å². The quantitative estimate of drug-likeness (QED) is 0.615. The zero-order chi connectivity index (χ0) is 22.9. The predicted octanol–water partition coefficient (Wildman–Crippen LogP) is 2.03. The van der Waals surface area contributed by atoms with Crippen molar-refractivity contribution in [1.82, 2.24) is 20.1 Å². The van der Waals surface area contributed by atoms with Gasteiger partial charge in [-0.15, -0.1) is 0 Å². The van der Waals surface area contributed by atoms with E-state index in [2.05, 4.69) is 15.4 Å². The molecule has 2 atom stereocenters. The first-order chi connectivity index (χ1) is 16.0. The highest BCUT2D eigenvalue weighted by Crippen LogP contribution is 2.35. The molecule has 1 amide bonds. The van der Waals surface area contributed by atoms with Crippen molar-refractivity contribution in [2.24, 2.45) is 7.05 Å². The number of aryl methyl sites for hydroxylation is 1. The van der Waals surface area contributed by atoms with Crippen molar-refractivity contribution in [3.63, 3.8) is 0 Å². The van der Waals surface area contributed by atoms with Crippen LogP contribution in [-0.4, -0.2) is 57.7 Å². The number of nitrogens with one attached hydrogen (secondary N) is 1. The van der Waals surface area contributed by atoms with E-state index >= 15 is 4.39 Å². The largest absolute Gasteiger partial charge is 0.493 e. The molecular weight excluding hydrogens is 427 g/mol. The molecule has 0 bridgehead atoms. The van der Waals surface area contributed by atoms with E-state index < -0.39 is 23.9 Å². The Hall–Kier alpha value is -3.30. The summed E-state index contributed by atoms with van der Waals surface area (Å²) < 4.78 is 27.8. The summed E-state index contributed by atoms with van der Waals surface area (Å²) in [6.07, 6.45) is 4.13. The second kappa shape index (κ2) is 8.92. The highest BCUT2D eigenvalue weighted by atomic mass is 19.1. The predicted molar refractivity (Wildman–Crippen MR) is 118 cm³/mol. The highest BCUT2D eigenvalue weighted by Gasteiger charge is 2.30. The Bertz CT molecular complexity index is 1180. The molecule has 2 aromatic heterocycles. The number of aliphatic hydroxyl groups excluding tert-OH is 1. The lowest BCUT2D eigenvalue weighted by Crippen LogP contribution is -2.48. The second-order valence-electron chi connectivity index (χ2n) is 8.42. The monoisotopic (exact) mass is 452 g/mol. The molecule has 33 heavy (non-hydrogen) atoms. The Morgan fingerprint density at radius 3 is 2.91 bits per heavy atom. The maximum Gasteiger partial charge on any atom is 0.254 e. The average Bonchev–Trinajstić information content (AvgIpc) is 3.47. The van der Waals surface area contributed by atoms with E-state index in [9.17, 15) is 9.90 Å². The molecule has 1 aromatic carbocycles. The van der Waals surface area contributed by atoms with Gasteiger partial charge >= 0.3 is 0 Å². The Morgan fingerprint density at radius 1 is 1.30 bits per heavy atom. The average molecular weight is 452 g/mol. The Morgan fingerprint density at radius 2 is 2.18 bits per heavy atom. The van der Waals surface area contributed by atoms with Gasteiger partial charge in [0.2, 0.25) is 0 Å². The summed E-state index contributed by atoms with van der Waals surface area (Å²) in [5.74, 6) is -0.601. The fourth-order valence-electron chi connectivity index (χ4n) is 4.30. The molecule has 5 rings (SSSR count). The molecule has 2 N–H and O–H groups in total. The zero-order valence-electron chi connectivity index (χ0n) is 18.3. The summed E-state index contributed by atoms with van der Waals surface area (Å²) in [4.78, 5) is 17.4. The summed E-state index contributed by atoms with van der Waals surface area (Å²) in [5.41, 5.74) is 3.56. The number of fused-ring (bicyclic) bond motifs is 1. The standard InChI is InChI=1S/C24H25FN4O4/c1-29-7-4-19(28-29)18-3-2-14(12-26-18)10-15-11-17(22(25)16-5-9-33-23(15)16)24(31)27-20-6-8-32-13-21(20)30/h2-4,7,11-12,20-21,30H,5-6,8-10,13H2,1H3,(H,27,31)/t20-,21-/m0/s1. The van der Waals surface area contributed by atoms with Gasteiger partial charge in [0.25, 0.3) is 5.91 Å². The molecule has 4 heterocycles. The first-order valence-corrected chi connectivity index (χ1v) is 11.0. The first kappa shape index (κ1) is 21.5. The van der Waals surface area contributed by atoms with Gasteiger partial charge in [-0.3, -0.25) is 14.5 Å². The normalized spacial score (nSPS) is 19.7. The van der Waals surface area contributed by atoms with Crippen LogP contribution in [0, 0.1) is 5.82 Å². The molecule has 2 aliphatic heterocycles. The SMILES string of the molecule is Cn1ccc(-c2ccc(Cc3cc(C(=O)N[C@H]4CCOC[C@@H]4O)c(F)c4c3OCC4)cn2)n1. The van der Waals surface area contributed by atoms with Crippen molar-refractivity contribution >= 4 is 5.91 Å². The molecule has 0 saturated carbocycles. The number of carbonyl (C=O) groups is 1. The fourth-order valence-corrected chi connectivity index (χ4v) is 4.30. The fraction of sp³-hybridized carbons (Fsp3) is 0.375. The number of hydrogen-bond donors (Lipinski definition) is 2. The Kier molecular flexibility index (Phi) is 5.82. The van der Waals surface area contributed by atoms with Crippen LogP contribution in [0.5, 0.6) is 5.75 Å². The van der Waals surface area contributed by atoms with E-state index in [1.807, 2.05) is 31.4 Å². The van der Waals surface area contributed by atoms with Gasteiger partial charge in [-0.25, -0.2) is 4.39 Å². The van der Waals surface area contributed by atoms with Gasteiger partial charge in [-0.05, 0) is 35.7 Å². The highest BCUT2D eigenvalue weighted by molar-refractivity contribution is 5.95. The maximum absolute atomic E-state index is 15.2. The van der Waals surface area contributed by atoms with E-state index in [-0.39, 0.29) is 12.2 Å². The van der Waals surface area contributed by atoms with Crippen LogP contribution in [0.4, 0.5) is 4.39 Å². The van der Waals surface area contributed by atoms with Crippen molar-refractivity contribution in [2.45, 2.75) is 31.4 Å². The number of nitrogens with zero attached hydrogens (tertiary/aromatic N) is 3. The third-order valence-corrected chi connectivity index (χ3v) is 6.07. The molecule has 1 fully saturated rings. The lowest BCUT2D eigenvalue weighted by Gasteiger charge is -2.28. The number of amides is 1. The number of ether oxygens (including phenoxy) is 2. The molecule has 1 saturated heterocycles. The number of rotatable bonds is 5. The molecule has 0 unspecified atom stereocenters. The smallest absolute Gasteiger partial charge is 0.254 e. The Labute approximate surface area is 190 Å². The second-order valence-corrected chi connectivity index (χ2v) is 8.42. The van der Waals surface area contributed by atoms with E-state index in [4.69, 9.17) is 9.47 Å². The van der Waals surface area contributed by atoms with Crippen LogP contribution in [0.25, 0.3) is 11.4 Å². The third kappa shape index (κ3) is 4.34. The molecule has 172 valence electrons. The number of benzene rings is 1. The zero-order valence-corrected chi connectivity index (χ0v) is 18.3. The summed E-state index contributed by atoms with van der Waals surface area (Å²) in [6.45, 7) is 0.966. The van der Waals surface area contributed by atoms with E-state index in [0.29, 0.717) is 43.8 Å². The number of aromatic nitrogens is 3. The first-order valence-electron chi connectivity index (χ1n) is 11.0. The van der Waals surface area contributed by atoms with Crippen molar-refractivity contribution in [3.05, 3.63) is 64.7 Å². The summed E-state index contributed by atoms with van der Waals surface area (Å²) in [6, 6.07) is 6.81. The summed E-state index contributed by atoms with van der Waals surface area (Å²) >= 11 is 0. The van der Waals surface area contributed by atoms with Gasteiger partial charge in [0.05, 0.1) is 36.6 Å². The molecule has 3 aromatic rings. The molecular formula is C24H25FN4O4. The van der Waals surface area contributed by atoms with Crippen LogP contribution in [-0.2, 0) is 24.6 Å². The lowest BCUT2D eigenvalue weighted by atomic mass is 9.97. The lowest BCUT2D eigenvalue weighted by molar-refractivity contribution is -0.0261. The minimum atomic E-state index is -0.813. The number of aliphatic hydroxyl groups is 1. The molecule has 9 heteroatoms. The summed E-state index contributed by atoms with van der Waals surface area (Å²) in [5, 5.41) is 17.2. The van der Waals surface area contributed by atoms with Gasteiger partial charge in [-0.1, -0.05) is 6.07 Å². The number of pyridine rings is 1. The van der Waals surface area contributed by atoms with E-state index in [1.165, 1.54) is 0 Å². The van der Waals surface area contributed by atoms with Crippen LogP contribution in [0.15, 0.2) is 36.7 Å². The van der Waals surface area contributed by atoms with Crippen LogP contribution in [0.1, 0.15) is 33.5 Å². The minimum absolute atomic E-state index is 0.0361. The minimum Gasteiger partial charge on any atom is -0.493 e. The molecule has 0 aliphatic carbocycles. The van der Waals surface area contributed by atoms with E-state index in [1.54, 1.807) is 16.9 Å².